The third-order valence-corrected chi connectivity index (χ3v) is 3.38. The van der Waals surface area contributed by atoms with E-state index < -0.39 is 0 Å². The fourth-order valence-corrected chi connectivity index (χ4v) is 2.37. The maximum Gasteiger partial charge on any atom is 0.244 e. The molecule has 0 bridgehead atoms. The van der Waals surface area contributed by atoms with Gasteiger partial charge in [0.2, 0.25) is 5.95 Å². The van der Waals surface area contributed by atoms with E-state index in [1.54, 1.807) is 6.20 Å². The molecule has 1 aliphatic heterocycles. The van der Waals surface area contributed by atoms with Gasteiger partial charge >= 0.3 is 0 Å². The predicted octanol–water partition coefficient (Wildman–Crippen LogP) is 2.63. The number of nitrogens with zero attached hydrogens (tertiary/aromatic N) is 4. The molecule has 0 radical (unpaired) electrons. The molecular weight excluding hydrogens is 250 g/mol. The van der Waals surface area contributed by atoms with Crippen molar-refractivity contribution in [1.82, 2.24) is 15.2 Å². The average Bonchev–Trinajstić information content (AvgIpc) is 2.89. The van der Waals surface area contributed by atoms with Crippen LogP contribution in [0.5, 0.6) is 0 Å². The summed E-state index contributed by atoms with van der Waals surface area (Å²) in [6, 6.07) is 8.44. The van der Waals surface area contributed by atoms with Crippen molar-refractivity contribution in [2.24, 2.45) is 5.92 Å². The van der Waals surface area contributed by atoms with Crippen LogP contribution in [-0.2, 0) is 6.42 Å². The molecular formula is C15H19N5. The minimum absolute atomic E-state index is 0.551. The van der Waals surface area contributed by atoms with E-state index >= 15 is 0 Å². The maximum absolute atomic E-state index is 4.57. The van der Waals surface area contributed by atoms with E-state index in [-0.39, 0.29) is 0 Å². The van der Waals surface area contributed by atoms with E-state index in [9.17, 15) is 0 Å². The Balaban J connectivity index is 1.83. The monoisotopic (exact) mass is 269 g/mol. The van der Waals surface area contributed by atoms with E-state index in [1.807, 2.05) is 0 Å². The van der Waals surface area contributed by atoms with E-state index in [4.69, 9.17) is 0 Å². The topological polar surface area (TPSA) is 53.9 Å². The number of nitrogens with one attached hydrogen (secondary N) is 1. The number of aromatic nitrogens is 3. The number of benzene rings is 1. The van der Waals surface area contributed by atoms with Gasteiger partial charge in [-0.15, -0.1) is 5.10 Å². The molecule has 1 aromatic carbocycles. The second kappa shape index (κ2) is 5.45. The van der Waals surface area contributed by atoms with Crippen molar-refractivity contribution in [2.45, 2.75) is 20.3 Å². The summed E-state index contributed by atoms with van der Waals surface area (Å²) in [5.41, 5.74) is 2.59. The lowest BCUT2D eigenvalue weighted by Crippen LogP contribution is -2.17. The number of hydrogen-bond acceptors (Lipinski definition) is 5. The molecule has 5 heteroatoms. The van der Waals surface area contributed by atoms with Gasteiger partial charge < -0.3 is 10.2 Å². The van der Waals surface area contributed by atoms with Crippen LogP contribution in [0.4, 0.5) is 17.5 Å². The van der Waals surface area contributed by atoms with Crippen LogP contribution >= 0.6 is 0 Å². The van der Waals surface area contributed by atoms with Crippen molar-refractivity contribution in [1.29, 1.82) is 0 Å². The smallest absolute Gasteiger partial charge is 0.244 e. The van der Waals surface area contributed by atoms with Gasteiger partial charge in [-0.1, -0.05) is 32.0 Å². The quantitative estimate of drug-likeness (QED) is 0.924. The first kappa shape index (κ1) is 12.8. The van der Waals surface area contributed by atoms with Crippen LogP contribution in [0.3, 0.4) is 0 Å². The molecule has 2 aromatic rings. The van der Waals surface area contributed by atoms with Gasteiger partial charge in [-0.3, -0.25) is 0 Å². The molecule has 1 aliphatic rings. The lowest BCUT2D eigenvalue weighted by molar-refractivity contribution is 0.682. The molecule has 2 heterocycles. The Kier molecular flexibility index (Phi) is 3.50. The second-order valence-corrected chi connectivity index (χ2v) is 5.44. The molecule has 0 saturated carbocycles. The molecule has 3 rings (SSSR count). The first-order valence-corrected chi connectivity index (χ1v) is 7.03. The average molecular weight is 269 g/mol. The molecule has 0 aliphatic carbocycles. The van der Waals surface area contributed by atoms with Gasteiger partial charge in [-0.25, -0.2) is 0 Å². The van der Waals surface area contributed by atoms with E-state index in [2.05, 4.69) is 63.5 Å². The van der Waals surface area contributed by atoms with E-state index in [0.29, 0.717) is 11.9 Å². The van der Waals surface area contributed by atoms with Crippen molar-refractivity contribution in [3.8, 4) is 0 Å². The van der Waals surface area contributed by atoms with Crippen LogP contribution in [0, 0.1) is 5.92 Å². The van der Waals surface area contributed by atoms with Crippen molar-refractivity contribution in [3.63, 3.8) is 0 Å². The van der Waals surface area contributed by atoms with Crippen molar-refractivity contribution in [3.05, 3.63) is 36.0 Å². The fraction of sp³-hybridized carbons (Fsp3) is 0.400. The Morgan fingerprint density at radius 3 is 3.00 bits per heavy atom. The van der Waals surface area contributed by atoms with Crippen LogP contribution < -0.4 is 10.2 Å². The highest BCUT2D eigenvalue weighted by Crippen LogP contribution is 2.32. The summed E-state index contributed by atoms with van der Waals surface area (Å²) in [6.45, 7) is 6.10. The van der Waals surface area contributed by atoms with Gasteiger partial charge in [-0.2, -0.15) is 10.1 Å². The van der Waals surface area contributed by atoms with Gasteiger partial charge in [-0.05, 0) is 24.0 Å². The van der Waals surface area contributed by atoms with Gasteiger partial charge in [0, 0.05) is 18.8 Å². The Labute approximate surface area is 119 Å². The number of rotatable bonds is 4. The Morgan fingerprint density at radius 2 is 2.15 bits per heavy atom. The van der Waals surface area contributed by atoms with Crippen molar-refractivity contribution in [2.75, 3.05) is 23.3 Å². The molecule has 0 saturated heterocycles. The number of para-hydroxylation sites is 1. The van der Waals surface area contributed by atoms with Crippen molar-refractivity contribution < 1.29 is 0 Å². The van der Waals surface area contributed by atoms with Crippen LogP contribution in [-0.4, -0.2) is 28.3 Å². The van der Waals surface area contributed by atoms with Crippen LogP contribution in [0.25, 0.3) is 0 Å². The Morgan fingerprint density at radius 1 is 1.30 bits per heavy atom. The van der Waals surface area contributed by atoms with Crippen LogP contribution in [0.2, 0.25) is 0 Å². The van der Waals surface area contributed by atoms with E-state index in [0.717, 1.165) is 25.3 Å². The normalized spacial score (nSPS) is 13.7. The zero-order chi connectivity index (χ0) is 13.9. The summed E-state index contributed by atoms with van der Waals surface area (Å²) in [5, 5.41) is 11.3. The van der Waals surface area contributed by atoms with Gasteiger partial charge in [0.15, 0.2) is 5.82 Å². The molecule has 1 N–H and O–H groups in total. The van der Waals surface area contributed by atoms with E-state index in [1.165, 1.54) is 11.3 Å². The van der Waals surface area contributed by atoms with Crippen LogP contribution in [0.1, 0.15) is 19.4 Å². The third-order valence-electron chi connectivity index (χ3n) is 3.38. The molecule has 1 aromatic heterocycles. The summed E-state index contributed by atoms with van der Waals surface area (Å²) in [4.78, 5) is 6.77. The molecule has 0 unspecified atom stereocenters. The summed E-state index contributed by atoms with van der Waals surface area (Å²) >= 11 is 0. The standard InChI is InChI=1S/C15H19N5/c1-11(2)9-16-15-18-14(10-17-19-15)20-8-7-12-5-3-4-6-13(12)20/h3-6,10-11H,7-9H2,1-2H3,(H,16,18,19). The number of fused-ring (bicyclic) bond motifs is 1. The summed E-state index contributed by atoms with van der Waals surface area (Å²) < 4.78 is 0. The lowest BCUT2D eigenvalue weighted by atomic mass is 10.2. The van der Waals surface area contributed by atoms with Gasteiger partial charge in [0.1, 0.15) is 0 Å². The first-order chi connectivity index (χ1) is 9.74. The molecule has 0 atom stereocenters. The number of hydrogen-bond donors (Lipinski definition) is 1. The maximum atomic E-state index is 4.57. The molecule has 5 nitrogen and oxygen atoms in total. The lowest BCUT2D eigenvalue weighted by Gasteiger charge is -2.18. The zero-order valence-corrected chi connectivity index (χ0v) is 11.9. The zero-order valence-electron chi connectivity index (χ0n) is 11.9. The highest BCUT2D eigenvalue weighted by molar-refractivity contribution is 5.67. The van der Waals surface area contributed by atoms with Gasteiger partial charge in [0.05, 0.1) is 6.20 Å². The molecule has 0 spiro atoms. The minimum atomic E-state index is 0.551. The SMILES string of the molecule is CC(C)CNc1nncc(N2CCc3ccccc32)n1. The first-order valence-electron chi connectivity index (χ1n) is 7.03. The molecule has 0 amide bonds. The predicted molar refractivity (Wildman–Crippen MR) is 80.3 cm³/mol. The summed E-state index contributed by atoms with van der Waals surface area (Å²) in [7, 11) is 0. The largest absolute Gasteiger partial charge is 0.353 e. The van der Waals surface area contributed by atoms with Crippen LogP contribution in [0.15, 0.2) is 30.5 Å². The highest BCUT2D eigenvalue weighted by atomic mass is 15.3. The Bertz CT molecular complexity index is 596. The van der Waals surface area contributed by atoms with Gasteiger partial charge in [0.25, 0.3) is 0 Å². The third kappa shape index (κ3) is 2.57. The number of anilines is 3. The van der Waals surface area contributed by atoms with Crippen molar-refractivity contribution >= 4 is 17.5 Å². The molecule has 104 valence electrons. The highest BCUT2D eigenvalue weighted by Gasteiger charge is 2.21. The summed E-state index contributed by atoms with van der Waals surface area (Å²) in [5.74, 6) is 2.01. The summed E-state index contributed by atoms with van der Waals surface area (Å²) in [6.07, 6.45) is 2.78. The molecule has 0 fully saturated rings. The molecule has 20 heavy (non-hydrogen) atoms. The Hall–Kier alpha value is -2.17. The second-order valence-electron chi connectivity index (χ2n) is 5.44. The fourth-order valence-electron chi connectivity index (χ4n) is 2.37. The minimum Gasteiger partial charge on any atom is -0.353 e.